The van der Waals surface area contributed by atoms with Crippen molar-refractivity contribution in [2.24, 2.45) is 0 Å². The van der Waals surface area contributed by atoms with Crippen molar-refractivity contribution in [1.82, 2.24) is 4.98 Å². The second kappa shape index (κ2) is 6.11. The zero-order valence-corrected chi connectivity index (χ0v) is 8.26. The highest BCUT2D eigenvalue weighted by molar-refractivity contribution is 5.88. The van der Waals surface area contributed by atoms with Gasteiger partial charge in [0.2, 0.25) is 0 Å². The van der Waals surface area contributed by atoms with Crippen molar-refractivity contribution in [3.05, 3.63) is 18.0 Å². The molecule has 74 valence electrons. The van der Waals surface area contributed by atoms with Gasteiger partial charge in [0.15, 0.2) is 0 Å². The second-order valence-corrected chi connectivity index (χ2v) is 2.07. The van der Waals surface area contributed by atoms with E-state index in [1.165, 1.54) is 6.07 Å². The molecule has 0 fully saturated rings. The number of hydrogen-bond acceptors (Lipinski definition) is 3. The molecule has 1 rings (SSSR count). The lowest BCUT2D eigenvalue weighted by atomic mass is 10.4. The summed E-state index contributed by atoms with van der Waals surface area (Å²) < 4.78 is 4.72. The molecule has 0 saturated carbocycles. The molecule has 0 aromatic carbocycles. The average molecular weight is 184 g/mol. The second-order valence-electron chi connectivity index (χ2n) is 2.07. The number of hydrogen-bond donors (Lipinski definition) is 2. The molecule has 1 heterocycles. The van der Waals surface area contributed by atoms with Gasteiger partial charge in [0.1, 0.15) is 5.69 Å². The van der Waals surface area contributed by atoms with Crippen molar-refractivity contribution in [1.29, 1.82) is 0 Å². The highest BCUT2D eigenvalue weighted by Gasteiger charge is 2.06. The molecule has 0 saturated heterocycles. The lowest BCUT2D eigenvalue weighted by Crippen LogP contribution is -2.04. The Morgan fingerprint density at radius 3 is 2.62 bits per heavy atom. The fourth-order valence-electron chi connectivity index (χ4n) is 0.738. The standard InChI is InChI=1S/C7H10N2O2.C2H6/c1-2-11-7(10)6-3-5(8)4-9-6;1-2/h3-4,9H,2,8H2,1H3;1-2H3. The van der Waals surface area contributed by atoms with Crippen LogP contribution < -0.4 is 5.73 Å². The molecule has 0 radical (unpaired) electrons. The van der Waals surface area contributed by atoms with E-state index >= 15 is 0 Å². The van der Waals surface area contributed by atoms with Gasteiger partial charge >= 0.3 is 5.97 Å². The molecular weight excluding hydrogens is 168 g/mol. The normalized spacial score (nSPS) is 8.54. The molecule has 13 heavy (non-hydrogen) atoms. The molecule has 4 nitrogen and oxygen atoms in total. The lowest BCUT2D eigenvalue weighted by Gasteiger charge is -1.96. The fraction of sp³-hybridized carbons (Fsp3) is 0.444. The van der Waals surface area contributed by atoms with Crippen LogP contribution >= 0.6 is 0 Å². The first-order valence-corrected chi connectivity index (χ1v) is 4.35. The maximum atomic E-state index is 10.9. The number of rotatable bonds is 2. The Morgan fingerprint density at radius 2 is 2.23 bits per heavy atom. The summed E-state index contributed by atoms with van der Waals surface area (Å²) in [5.41, 5.74) is 6.30. The average Bonchev–Trinajstić information content (AvgIpc) is 2.56. The Bertz CT molecular complexity index is 256. The minimum absolute atomic E-state index is 0.371. The Labute approximate surface area is 78.1 Å². The lowest BCUT2D eigenvalue weighted by molar-refractivity contribution is 0.0520. The number of nitrogens with one attached hydrogen (secondary N) is 1. The van der Waals surface area contributed by atoms with Gasteiger partial charge in [-0.3, -0.25) is 0 Å². The maximum absolute atomic E-state index is 10.9. The van der Waals surface area contributed by atoms with E-state index in [2.05, 4.69) is 4.98 Å². The van der Waals surface area contributed by atoms with Crippen LogP contribution in [0.25, 0.3) is 0 Å². The fourth-order valence-corrected chi connectivity index (χ4v) is 0.738. The number of esters is 1. The summed E-state index contributed by atoms with van der Waals surface area (Å²) in [6.07, 6.45) is 1.55. The van der Waals surface area contributed by atoms with E-state index in [1.54, 1.807) is 13.1 Å². The van der Waals surface area contributed by atoms with Crippen LogP contribution in [-0.4, -0.2) is 17.6 Å². The van der Waals surface area contributed by atoms with Crippen LogP contribution in [0.1, 0.15) is 31.3 Å². The number of nitrogens with two attached hydrogens (primary N) is 1. The van der Waals surface area contributed by atoms with Crippen LogP contribution in [-0.2, 0) is 4.74 Å². The van der Waals surface area contributed by atoms with Gasteiger partial charge in [-0.2, -0.15) is 0 Å². The molecular formula is C9H16N2O2. The molecule has 0 unspecified atom stereocenters. The third-order valence-corrected chi connectivity index (χ3v) is 1.20. The van der Waals surface area contributed by atoms with Crippen LogP contribution in [0.3, 0.4) is 0 Å². The molecule has 0 aliphatic carbocycles. The molecule has 0 atom stereocenters. The molecule has 0 spiro atoms. The predicted molar refractivity (Wildman–Crippen MR) is 52.5 cm³/mol. The van der Waals surface area contributed by atoms with Crippen LogP contribution in [0, 0.1) is 0 Å². The van der Waals surface area contributed by atoms with Gasteiger partial charge in [-0.05, 0) is 13.0 Å². The summed E-state index contributed by atoms with van der Waals surface area (Å²) in [7, 11) is 0. The van der Waals surface area contributed by atoms with Crippen molar-refractivity contribution >= 4 is 11.7 Å². The molecule has 1 aromatic rings. The first-order chi connectivity index (χ1) is 6.24. The first-order valence-electron chi connectivity index (χ1n) is 4.35. The van der Waals surface area contributed by atoms with Gasteiger partial charge in [-0.25, -0.2) is 4.79 Å². The minimum atomic E-state index is -0.371. The molecule has 0 amide bonds. The largest absolute Gasteiger partial charge is 0.461 e. The minimum Gasteiger partial charge on any atom is -0.461 e. The third-order valence-electron chi connectivity index (χ3n) is 1.20. The van der Waals surface area contributed by atoms with Crippen LogP contribution in [0.15, 0.2) is 12.3 Å². The van der Waals surface area contributed by atoms with Gasteiger partial charge < -0.3 is 15.5 Å². The topological polar surface area (TPSA) is 68.1 Å². The SMILES string of the molecule is CC.CCOC(=O)c1cc(N)c[nH]1. The summed E-state index contributed by atoms with van der Waals surface area (Å²) in [5.74, 6) is -0.371. The number of H-pyrrole nitrogens is 1. The molecule has 4 heteroatoms. The number of nitrogen functional groups attached to an aromatic ring is 1. The van der Waals surface area contributed by atoms with Crippen molar-refractivity contribution in [2.45, 2.75) is 20.8 Å². The van der Waals surface area contributed by atoms with Crippen molar-refractivity contribution in [2.75, 3.05) is 12.3 Å². The molecule has 1 aromatic heterocycles. The highest BCUT2D eigenvalue weighted by Crippen LogP contribution is 2.05. The Kier molecular flexibility index (Phi) is 5.43. The Hall–Kier alpha value is -1.45. The van der Waals surface area contributed by atoms with Crippen LogP contribution in [0.5, 0.6) is 0 Å². The van der Waals surface area contributed by atoms with Gasteiger partial charge in [-0.15, -0.1) is 0 Å². The van der Waals surface area contributed by atoms with E-state index in [0.29, 0.717) is 18.0 Å². The smallest absolute Gasteiger partial charge is 0.354 e. The number of aromatic amines is 1. The van der Waals surface area contributed by atoms with Crippen molar-refractivity contribution in [3.8, 4) is 0 Å². The summed E-state index contributed by atoms with van der Waals surface area (Å²) >= 11 is 0. The van der Waals surface area contributed by atoms with E-state index in [0.717, 1.165) is 0 Å². The van der Waals surface area contributed by atoms with E-state index in [-0.39, 0.29) is 5.97 Å². The predicted octanol–water partition coefficient (Wildman–Crippen LogP) is 1.80. The van der Waals surface area contributed by atoms with Crippen molar-refractivity contribution in [3.63, 3.8) is 0 Å². The Morgan fingerprint density at radius 1 is 1.62 bits per heavy atom. The van der Waals surface area contributed by atoms with E-state index in [9.17, 15) is 4.79 Å². The zero-order valence-electron chi connectivity index (χ0n) is 8.26. The van der Waals surface area contributed by atoms with Gasteiger partial charge in [0, 0.05) is 6.20 Å². The highest BCUT2D eigenvalue weighted by atomic mass is 16.5. The number of ether oxygens (including phenoxy) is 1. The first kappa shape index (κ1) is 11.6. The monoisotopic (exact) mass is 184 g/mol. The van der Waals surface area contributed by atoms with E-state index < -0.39 is 0 Å². The summed E-state index contributed by atoms with van der Waals surface area (Å²) in [6.45, 7) is 6.13. The number of carbonyl (C=O) groups is 1. The van der Waals surface area contributed by atoms with Gasteiger partial charge in [0.05, 0.1) is 12.3 Å². The quantitative estimate of drug-likeness (QED) is 0.688. The number of carbonyl (C=O) groups excluding carboxylic acids is 1. The number of aromatic nitrogens is 1. The molecule has 0 aliphatic heterocycles. The van der Waals surface area contributed by atoms with Crippen molar-refractivity contribution < 1.29 is 9.53 Å². The summed E-state index contributed by atoms with van der Waals surface area (Å²) in [5, 5.41) is 0. The third kappa shape index (κ3) is 3.64. The van der Waals surface area contributed by atoms with E-state index in [4.69, 9.17) is 10.5 Å². The van der Waals surface area contributed by atoms with Gasteiger partial charge in [-0.1, -0.05) is 13.8 Å². The summed E-state index contributed by atoms with van der Waals surface area (Å²) in [6, 6.07) is 1.54. The van der Waals surface area contributed by atoms with Crippen LogP contribution in [0.2, 0.25) is 0 Å². The summed E-state index contributed by atoms with van der Waals surface area (Å²) in [4.78, 5) is 13.6. The van der Waals surface area contributed by atoms with Crippen LogP contribution in [0.4, 0.5) is 5.69 Å². The zero-order chi connectivity index (χ0) is 10.3. The molecule has 3 N–H and O–H groups in total. The maximum Gasteiger partial charge on any atom is 0.354 e. The van der Waals surface area contributed by atoms with Gasteiger partial charge in [0.25, 0.3) is 0 Å². The Balaban J connectivity index is 0.000000671. The van der Waals surface area contributed by atoms with E-state index in [1.807, 2.05) is 13.8 Å². The molecule has 0 bridgehead atoms. The number of anilines is 1. The molecule has 0 aliphatic rings.